The number of nitrogens with zero attached hydrogens (tertiary/aromatic N) is 1. The van der Waals surface area contributed by atoms with Gasteiger partial charge in [-0.05, 0) is 19.3 Å². The Kier molecular flexibility index (Phi) is 5.93. The molecule has 0 heterocycles. The van der Waals surface area contributed by atoms with Crippen LogP contribution < -0.4 is 0 Å². The van der Waals surface area contributed by atoms with E-state index >= 15 is 0 Å². The maximum Gasteiger partial charge on any atom is 0.303 e. The lowest BCUT2D eigenvalue weighted by molar-refractivity contribution is -0.141. The first-order chi connectivity index (χ1) is 7.69. The summed E-state index contributed by atoms with van der Waals surface area (Å²) in [6, 6.07) is 0.0983. The Balaban J connectivity index is 4.58. The highest BCUT2D eigenvalue weighted by Crippen LogP contribution is 2.26. The predicted molar refractivity (Wildman–Crippen MR) is 67.7 cm³/mol. The quantitative estimate of drug-likeness (QED) is 0.696. The van der Waals surface area contributed by atoms with Crippen molar-refractivity contribution in [2.24, 2.45) is 5.41 Å². The third-order valence-corrected chi connectivity index (χ3v) is 2.53. The number of aliphatic carboxylic acids is 1. The largest absolute Gasteiger partial charge is 0.481 e. The molecule has 0 aromatic carbocycles. The topological polar surface area (TPSA) is 57.6 Å². The monoisotopic (exact) mass is 241 g/mol. The maximum atomic E-state index is 12.1. The molecule has 0 aliphatic carbocycles. The lowest BCUT2D eigenvalue weighted by atomic mass is 9.85. The van der Waals surface area contributed by atoms with E-state index in [0.29, 0.717) is 6.54 Å². The first-order valence-electron chi connectivity index (χ1n) is 5.82. The molecule has 98 valence electrons. The minimum atomic E-state index is -0.873. The zero-order valence-corrected chi connectivity index (χ0v) is 11.2. The van der Waals surface area contributed by atoms with Crippen LogP contribution in [0.4, 0.5) is 0 Å². The van der Waals surface area contributed by atoms with Crippen LogP contribution in [-0.2, 0) is 9.59 Å². The van der Waals surface area contributed by atoms with Crippen molar-refractivity contribution in [3.05, 3.63) is 12.7 Å². The molecule has 0 bridgehead atoms. The Labute approximate surface area is 103 Å². The molecule has 0 atom stereocenters. The normalized spacial score (nSPS) is 11.4. The summed E-state index contributed by atoms with van der Waals surface area (Å²) in [6.07, 6.45) is 1.92. The van der Waals surface area contributed by atoms with Gasteiger partial charge in [-0.25, -0.2) is 0 Å². The van der Waals surface area contributed by atoms with Crippen LogP contribution in [0.15, 0.2) is 12.7 Å². The second-order valence-electron chi connectivity index (χ2n) is 5.34. The molecule has 4 heteroatoms. The molecular formula is C13H23NO3. The molecule has 0 aromatic rings. The zero-order valence-electron chi connectivity index (χ0n) is 11.2. The minimum absolute atomic E-state index is 0.00123. The summed E-state index contributed by atoms with van der Waals surface area (Å²) in [5.41, 5.74) is -0.517. The summed E-state index contributed by atoms with van der Waals surface area (Å²) in [5, 5.41) is 8.77. The molecule has 0 fully saturated rings. The lowest BCUT2D eigenvalue weighted by Gasteiger charge is -2.30. The van der Waals surface area contributed by atoms with Gasteiger partial charge in [-0.3, -0.25) is 9.59 Å². The average Bonchev–Trinajstić information content (AvgIpc) is 2.09. The Morgan fingerprint density at radius 2 is 1.88 bits per heavy atom. The molecule has 0 aromatic heterocycles. The zero-order chi connectivity index (χ0) is 13.6. The van der Waals surface area contributed by atoms with Crippen molar-refractivity contribution in [3.63, 3.8) is 0 Å². The Morgan fingerprint density at radius 1 is 1.35 bits per heavy atom. The highest BCUT2D eigenvalue weighted by atomic mass is 16.4. The van der Waals surface area contributed by atoms with Crippen molar-refractivity contribution < 1.29 is 14.7 Å². The van der Waals surface area contributed by atoms with Crippen LogP contribution in [0.25, 0.3) is 0 Å². The molecule has 1 N–H and O–H groups in total. The molecule has 0 aliphatic rings. The second kappa shape index (κ2) is 6.42. The minimum Gasteiger partial charge on any atom is -0.481 e. The number of carbonyl (C=O) groups is 2. The number of amides is 1. The van der Waals surface area contributed by atoms with Crippen LogP contribution in [0, 0.1) is 5.41 Å². The van der Waals surface area contributed by atoms with Crippen molar-refractivity contribution in [2.45, 2.75) is 46.6 Å². The van der Waals surface area contributed by atoms with Gasteiger partial charge < -0.3 is 10.0 Å². The number of hydrogen-bond acceptors (Lipinski definition) is 2. The fourth-order valence-electron chi connectivity index (χ4n) is 1.72. The van der Waals surface area contributed by atoms with Gasteiger partial charge in [-0.2, -0.15) is 0 Å². The number of rotatable bonds is 7. The van der Waals surface area contributed by atoms with Gasteiger partial charge in [0.2, 0.25) is 5.91 Å². The van der Waals surface area contributed by atoms with E-state index in [-0.39, 0.29) is 24.8 Å². The SMILES string of the molecule is C=CCN(C(=O)CC(C)(C)CC(=O)O)C(C)C. The number of carbonyl (C=O) groups excluding carboxylic acids is 1. The summed E-state index contributed by atoms with van der Waals surface area (Å²) in [5.74, 6) is -0.895. The molecule has 0 unspecified atom stereocenters. The number of hydrogen-bond donors (Lipinski definition) is 1. The fourth-order valence-corrected chi connectivity index (χ4v) is 1.72. The molecule has 0 aliphatic heterocycles. The van der Waals surface area contributed by atoms with Crippen LogP contribution in [-0.4, -0.2) is 34.5 Å². The van der Waals surface area contributed by atoms with Gasteiger partial charge in [0.1, 0.15) is 0 Å². The number of carboxylic acids is 1. The summed E-state index contributed by atoms with van der Waals surface area (Å²) in [7, 11) is 0. The molecule has 0 saturated heterocycles. The van der Waals surface area contributed by atoms with Crippen LogP contribution in [0.1, 0.15) is 40.5 Å². The highest BCUT2D eigenvalue weighted by molar-refractivity contribution is 5.78. The van der Waals surface area contributed by atoms with Crippen molar-refractivity contribution in [1.29, 1.82) is 0 Å². The van der Waals surface area contributed by atoms with E-state index < -0.39 is 11.4 Å². The van der Waals surface area contributed by atoms with E-state index in [2.05, 4.69) is 6.58 Å². The van der Waals surface area contributed by atoms with E-state index in [9.17, 15) is 9.59 Å². The van der Waals surface area contributed by atoms with Crippen LogP contribution in [0.2, 0.25) is 0 Å². The first-order valence-corrected chi connectivity index (χ1v) is 5.82. The second-order valence-corrected chi connectivity index (χ2v) is 5.34. The maximum absolute atomic E-state index is 12.1. The third kappa shape index (κ3) is 6.09. The molecule has 0 rings (SSSR count). The van der Waals surface area contributed by atoms with Gasteiger partial charge in [0.15, 0.2) is 0 Å². The van der Waals surface area contributed by atoms with E-state index in [1.165, 1.54) is 0 Å². The Bertz CT molecular complexity index is 295. The van der Waals surface area contributed by atoms with Gasteiger partial charge in [-0.15, -0.1) is 6.58 Å². The molecule has 0 spiro atoms. The van der Waals surface area contributed by atoms with Gasteiger partial charge in [-0.1, -0.05) is 19.9 Å². The third-order valence-electron chi connectivity index (χ3n) is 2.53. The van der Waals surface area contributed by atoms with Crippen molar-refractivity contribution in [2.75, 3.05) is 6.54 Å². The molecule has 4 nitrogen and oxygen atoms in total. The Hall–Kier alpha value is -1.32. The number of carboxylic acid groups (broad SMARTS) is 1. The van der Waals surface area contributed by atoms with Gasteiger partial charge in [0.05, 0.1) is 6.42 Å². The molecule has 0 radical (unpaired) electrons. The van der Waals surface area contributed by atoms with Gasteiger partial charge >= 0.3 is 5.97 Å². The fraction of sp³-hybridized carbons (Fsp3) is 0.692. The van der Waals surface area contributed by atoms with E-state index in [1.54, 1.807) is 24.8 Å². The standard InChI is InChI=1S/C13H23NO3/c1-6-7-14(10(2)3)11(15)8-13(4,5)9-12(16)17/h6,10H,1,7-9H2,2-5H3,(H,16,17). The van der Waals surface area contributed by atoms with Crippen LogP contribution >= 0.6 is 0 Å². The van der Waals surface area contributed by atoms with E-state index in [0.717, 1.165) is 0 Å². The molecule has 0 saturated carbocycles. The summed E-state index contributed by atoms with van der Waals surface area (Å²) in [6.45, 7) is 11.6. The summed E-state index contributed by atoms with van der Waals surface area (Å²) in [4.78, 5) is 24.4. The van der Waals surface area contributed by atoms with E-state index in [1.807, 2.05) is 13.8 Å². The first kappa shape index (κ1) is 15.7. The van der Waals surface area contributed by atoms with Crippen molar-refractivity contribution in [1.82, 2.24) is 4.90 Å². The smallest absolute Gasteiger partial charge is 0.303 e. The van der Waals surface area contributed by atoms with Gasteiger partial charge in [0, 0.05) is 19.0 Å². The Morgan fingerprint density at radius 3 is 2.24 bits per heavy atom. The summed E-state index contributed by atoms with van der Waals surface area (Å²) >= 11 is 0. The van der Waals surface area contributed by atoms with Crippen molar-refractivity contribution in [3.8, 4) is 0 Å². The molecular weight excluding hydrogens is 218 g/mol. The van der Waals surface area contributed by atoms with E-state index in [4.69, 9.17) is 5.11 Å². The predicted octanol–water partition coefficient (Wildman–Crippen LogP) is 2.30. The average molecular weight is 241 g/mol. The van der Waals surface area contributed by atoms with Crippen LogP contribution in [0.5, 0.6) is 0 Å². The van der Waals surface area contributed by atoms with Gasteiger partial charge in [0.25, 0.3) is 0 Å². The molecule has 1 amide bonds. The molecule has 17 heavy (non-hydrogen) atoms. The lowest BCUT2D eigenvalue weighted by Crippen LogP contribution is -2.39. The highest BCUT2D eigenvalue weighted by Gasteiger charge is 2.28. The van der Waals surface area contributed by atoms with Crippen molar-refractivity contribution >= 4 is 11.9 Å². The van der Waals surface area contributed by atoms with Crippen LogP contribution in [0.3, 0.4) is 0 Å². The summed E-state index contributed by atoms with van der Waals surface area (Å²) < 4.78 is 0.